The van der Waals surface area contributed by atoms with E-state index in [9.17, 15) is 4.79 Å². The van der Waals surface area contributed by atoms with Gasteiger partial charge < -0.3 is 5.32 Å². The molecule has 0 amide bonds. The molecule has 0 saturated heterocycles. The van der Waals surface area contributed by atoms with Gasteiger partial charge in [0, 0.05) is 31.0 Å². The van der Waals surface area contributed by atoms with Gasteiger partial charge in [0.25, 0.3) is 0 Å². The van der Waals surface area contributed by atoms with Crippen molar-refractivity contribution in [3.63, 3.8) is 0 Å². The average molecular weight is 253 g/mol. The zero-order valence-electron chi connectivity index (χ0n) is 12.2. The standard InChI is InChI=1S/C14H27N3O/c1-5-9-16-11-12-17(13(16)18)10-7-6-8-15-14(2,3)4/h11-12,15H,5-10H2,1-4H3. The Morgan fingerprint density at radius 3 is 2.28 bits per heavy atom. The SMILES string of the molecule is CCCn1ccn(CCCCNC(C)(C)C)c1=O. The number of aromatic nitrogens is 2. The van der Waals surface area contributed by atoms with Gasteiger partial charge >= 0.3 is 5.69 Å². The Balaban J connectivity index is 2.30. The number of imidazole rings is 1. The fraction of sp³-hybridized carbons (Fsp3) is 0.786. The highest BCUT2D eigenvalue weighted by atomic mass is 16.1. The molecule has 1 aromatic rings. The Kier molecular flexibility index (Phi) is 5.66. The second kappa shape index (κ2) is 6.78. The highest BCUT2D eigenvalue weighted by molar-refractivity contribution is 4.81. The molecule has 0 aliphatic heterocycles. The van der Waals surface area contributed by atoms with E-state index >= 15 is 0 Å². The van der Waals surface area contributed by atoms with Crippen molar-refractivity contribution in [1.82, 2.24) is 14.5 Å². The summed E-state index contributed by atoms with van der Waals surface area (Å²) < 4.78 is 3.60. The second-order valence-corrected chi connectivity index (χ2v) is 5.85. The zero-order valence-corrected chi connectivity index (χ0v) is 12.2. The van der Waals surface area contributed by atoms with Gasteiger partial charge in [-0.05, 0) is 46.6 Å². The monoisotopic (exact) mass is 253 g/mol. The lowest BCUT2D eigenvalue weighted by molar-refractivity contribution is 0.413. The lowest BCUT2D eigenvalue weighted by Crippen LogP contribution is -2.36. The molecule has 0 fully saturated rings. The molecule has 0 aliphatic carbocycles. The van der Waals surface area contributed by atoms with Crippen LogP contribution in [0.15, 0.2) is 17.2 Å². The average Bonchev–Trinajstić information content (AvgIpc) is 2.60. The van der Waals surface area contributed by atoms with E-state index in [1.807, 2.05) is 17.0 Å². The minimum Gasteiger partial charge on any atom is -0.312 e. The van der Waals surface area contributed by atoms with Crippen molar-refractivity contribution in [2.75, 3.05) is 6.54 Å². The van der Waals surface area contributed by atoms with Crippen LogP contribution in [0.3, 0.4) is 0 Å². The number of hydrogen-bond donors (Lipinski definition) is 1. The number of hydrogen-bond acceptors (Lipinski definition) is 2. The normalized spacial score (nSPS) is 12.0. The van der Waals surface area contributed by atoms with E-state index in [1.54, 1.807) is 4.57 Å². The molecule has 4 nitrogen and oxygen atoms in total. The molecule has 0 atom stereocenters. The summed E-state index contributed by atoms with van der Waals surface area (Å²) in [5.74, 6) is 0. The molecule has 1 heterocycles. The zero-order chi connectivity index (χ0) is 13.6. The fourth-order valence-electron chi connectivity index (χ4n) is 1.91. The maximum absolute atomic E-state index is 11.9. The van der Waals surface area contributed by atoms with Crippen LogP contribution in [0.1, 0.15) is 47.0 Å². The summed E-state index contributed by atoms with van der Waals surface area (Å²) in [6.07, 6.45) is 6.93. The van der Waals surface area contributed by atoms with Gasteiger partial charge in [-0.3, -0.25) is 9.13 Å². The first-order valence-electron chi connectivity index (χ1n) is 6.94. The number of rotatable bonds is 7. The summed E-state index contributed by atoms with van der Waals surface area (Å²) in [7, 11) is 0. The van der Waals surface area contributed by atoms with E-state index in [2.05, 4.69) is 33.0 Å². The molecule has 0 unspecified atom stereocenters. The fourth-order valence-corrected chi connectivity index (χ4v) is 1.91. The summed E-state index contributed by atoms with van der Waals surface area (Å²) >= 11 is 0. The van der Waals surface area contributed by atoms with Gasteiger partial charge in [0.05, 0.1) is 0 Å². The molecule has 0 saturated carbocycles. The first-order valence-corrected chi connectivity index (χ1v) is 6.94. The van der Waals surface area contributed by atoms with Crippen molar-refractivity contribution in [3.8, 4) is 0 Å². The van der Waals surface area contributed by atoms with Crippen LogP contribution in [0, 0.1) is 0 Å². The maximum atomic E-state index is 11.9. The van der Waals surface area contributed by atoms with Crippen LogP contribution < -0.4 is 11.0 Å². The van der Waals surface area contributed by atoms with Gasteiger partial charge in [-0.1, -0.05) is 6.92 Å². The first kappa shape index (κ1) is 15.0. The quantitative estimate of drug-likeness (QED) is 0.757. The van der Waals surface area contributed by atoms with E-state index in [1.165, 1.54) is 0 Å². The predicted molar refractivity (Wildman–Crippen MR) is 76.0 cm³/mol. The number of nitrogens with zero attached hydrogens (tertiary/aromatic N) is 2. The third kappa shape index (κ3) is 5.08. The molecular weight excluding hydrogens is 226 g/mol. The Morgan fingerprint density at radius 1 is 1.11 bits per heavy atom. The molecule has 0 radical (unpaired) electrons. The molecule has 0 spiro atoms. The van der Waals surface area contributed by atoms with Crippen LogP contribution in [0.5, 0.6) is 0 Å². The molecule has 1 rings (SSSR count). The van der Waals surface area contributed by atoms with Gasteiger partial charge in [-0.2, -0.15) is 0 Å². The van der Waals surface area contributed by atoms with Gasteiger partial charge in [0.2, 0.25) is 0 Å². The predicted octanol–water partition coefficient (Wildman–Crippen LogP) is 2.23. The van der Waals surface area contributed by atoms with Gasteiger partial charge in [-0.15, -0.1) is 0 Å². The summed E-state index contributed by atoms with van der Waals surface area (Å²) in [4.78, 5) is 11.9. The molecule has 104 valence electrons. The first-order chi connectivity index (χ1) is 8.44. The highest BCUT2D eigenvalue weighted by Crippen LogP contribution is 2.00. The summed E-state index contributed by atoms with van der Waals surface area (Å²) in [5, 5.41) is 3.46. The van der Waals surface area contributed by atoms with Crippen molar-refractivity contribution in [2.24, 2.45) is 0 Å². The van der Waals surface area contributed by atoms with Crippen LogP contribution in [-0.2, 0) is 13.1 Å². The minimum absolute atomic E-state index is 0.126. The topological polar surface area (TPSA) is 39.0 Å². The van der Waals surface area contributed by atoms with E-state index in [0.29, 0.717) is 0 Å². The van der Waals surface area contributed by atoms with Crippen molar-refractivity contribution in [3.05, 3.63) is 22.9 Å². The largest absolute Gasteiger partial charge is 0.328 e. The van der Waals surface area contributed by atoms with Crippen LogP contribution in [0.4, 0.5) is 0 Å². The Labute approximate surface area is 110 Å². The number of nitrogens with one attached hydrogen (secondary N) is 1. The third-order valence-electron chi connectivity index (χ3n) is 2.86. The summed E-state index contributed by atoms with van der Waals surface area (Å²) in [6.45, 7) is 11.2. The Bertz CT molecular complexity index is 398. The van der Waals surface area contributed by atoms with Crippen molar-refractivity contribution in [2.45, 2.75) is 65.6 Å². The van der Waals surface area contributed by atoms with Crippen molar-refractivity contribution < 1.29 is 0 Å². The van der Waals surface area contributed by atoms with Crippen LogP contribution in [0.2, 0.25) is 0 Å². The molecule has 0 aliphatic rings. The lowest BCUT2D eigenvalue weighted by atomic mass is 10.1. The lowest BCUT2D eigenvalue weighted by Gasteiger charge is -2.20. The van der Waals surface area contributed by atoms with Gasteiger partial charge in [0.15, 0.2) is 0 Å². The number of aryl methyl sites for hydroxylation is 2. The van der Waals surface area contributed by atoms with E-state index in [4.69, 9.17) is 0 Å². The summed E-state index contributed by atoms with van der Waals surface area (Å²) in [6, 6.07) is 0. The van der Waals surface area contributed by atoms with Crippen molar-refractivity contribution in [1.29, 1.82) is 0 Å². The van der Waals surface area contributed by atoms with Crippen LogP contribution in [0.25, 0.3) is 0 Å². The van der Waals surface area contributed by atoms with Gasteiger partial charge in [0.1, 0.15) is 0 Å². The number of unbranched alkanes of at least 4 members (excludes halogenated alkanes) is 1. The third-order valence-corrected chi connectivity index (χ3v) is 2.86. The van der Waals surface area contributed by atoms with Crippen LogP contribution >= 0.6 is 0 Å². The molecule has 1 N–H and O–H groups in total. The minimum atomic E-state index is 0.126. The Morgan fingerprint density at radius 2 is 1.72 bits per heavy atom. The van der Waals surface area contributed by atoms with E-state index in [0.717, 1.165) is 38.9 Å². The van der Waals surface area contributed by atoms with Crippen molar-refractivity contribution >= 4 is 0 Å². The highest BCUT2D eigenvalue weighted by Gasteiger charge is 2.07. The summed E-state index contributed by atoms with van der Waals surface area (Å²) in [5.41, 5.74) is 0.307. The van der Waals surface area contributed by atoms with E-state index < -0.39 is 0 Å². The maximum Gasteiger partial charge on any atom is 0.328 e. The second-order valence-electron chi connectivity index (χ2n) is 5.85. The molecular formula is C14H27N3O. The smallest absolute Gasteiger partial charge is 0.312 e. The molecule has 18 heavy (non-hydrogen) atoms. The van der Waals surface area contributed by atoms with E-state index in [-0.39, 0.29) is 11.2 Å². The Hall–Kier alpha value is -1.03. The van der Waals surface area contributed by atoms with Gasteiger partial charge in [-0.25, -0.2) is 4.79 Å². The van der Waals surface area contributed by atoms with Crippen LogP contribution in [-0.4, -0.2) is 21.2 Å². The molecule has 4 heteroatoms. The molecule has 0 bridgehead atoms. The molecule has 1 aromatic heterocycles. The molecule has 0 aromatic carbocycles.